The van der Waals surface area contributed by atoms with Crippen molar-refractivity contribution in [1.82, 2.24) is 9.78 Å². The van der Waals surface area contributed by atoms with Crippen LogP contribution in [0.15, 0.2) is 45.6 Å². The van der Waals surface area contributed by atoms with Crippen molar-refractivity contribution in [1.29, 1.82) is 0 Å². The van der Waals surface area contributed by atoms with Crippen molar-refractivity contribution in [2.75, 3.05) is 11.9 Å². The van der Waals surface area contributed by atoms with Gasteiger partial charge in [0, 0.05) is 11.6 Å². The molecule has 110 valence electrons. The predicted molar refractivity (Wildman–Crippen MR) is 77.8 cm³/mol. The number of furan rings is 2. The van der Waals surface area contributed by atoms with Crippen molar-refractivity contribution < 1.29 is 13.9 Å². The van der Waals surface area contributed by atoms with Gasteiger partial charge in [0.15, 0.2) is 0 Å². The molecule has 2 N–H and O–H groups in total. The van der Waals surface area contributed by atoms with Gasteiger partial charge >= 0.3 is 0 Å². The summed E-state index contributed by atoms with van der Waals surface area (Å²) < 4.78 is 12.4. The summed E-state index contributed by atoms with van der Waals surface area (Å²) in [4.78, 5) is 0. The number of aromatic nitrogens is 2. The molecule has 0 aliphatic heterocycles. The standard InChI is InChI=1S/C15H17N3O3/c1-11-13(4-8-20-11)14-9-15(18(17-14)5-6-19)16-10-12-3-2-7-21-12/h2-4,7-9,16,19H,5-6,10H2,1H3. The number of hydrogen-bond acceptors (Lipinski definition) is 5. The van der Waals surface area contributed by atoms with Gasteiger partial charge in [0.2, 0.25) is 0 Å². The van der Waals surface area contributed by atoms with Crippen LogP contribution in [0.1, 0.15) is 11.5 Å². The van der Waals surface area contributed by atoms with Gasteiger partial charge in [0.1, 0.15) is 17.3 Å². The van der Waals surface area contributed by atoms with Gasteiger partial charge in [-0.2, -0.15) is 5.10 Å². The number of nitrogens with one attached hydrogen (secondary N) is 1. The molecule has 0 unspecified atom stereocenters. The Morgan fingerprint density at radius 2 is 2.19 bits per heavy atom. The van der Waals surface area contributed by atoms with Gasteiger partial charge in [0.05, 0.1) is 37.9 Å². The molecular formula is C15H17N3O3. The van der Waals surface area contributed by atoms with Crippen molar-refractivity contribution >= 4 is 5.82 Å². The molecule has 0 fully saturated rings. The average Bonchev–Trinajstić information content (AvgIpc) is 3.18. The minimum Gasteiger partial charge on any atom is -0.469 e. The van der Waals surface area contributed by atoms with E-state index < -0.39 is 0 Å². The third-order valence-electron chi connectivity index (χ3n) is 3.25. The van der Waals surface area contributed by atoms with E-state index in [4.69, 9.17) is 13.9 Å². The highest BCUT2D eigenvalue weighted by atomic mass is 16.3. The van der Waals surface area contributed by atoms with E-state index in [0.29, 0.717) is 13.1 Å². The second-order valence-corrected chi connectivity index (χ2v) is 4.68. The van der Waals surface area contributed by atoms with Crippen LogP contribution in [0, 0.1) is 6.92 Å². The van der Waals surface area contributed by atoms with Crippen LogP contribution in [0.25, 0.3) is 11.3 Å². The van der Waals surface area contributed by atoms with E-state index in [2.05, 4.69) is 10.4 Å². The molecule has 0 aliphatic rings. The van der Waals surface area contributed by atoms with E-state index in [1.807, 2.05) is 31.2 Å². The molecule has 0 bridgehead atoms. The molecule has 3 aromatic heterocycles. The minimum absolute atomic E-state index is 0.0287. The first kappa shape index (κ1) is 13.5. The van der Waals surface area contributed by atoms with E-state index in [1.54, 1.807) is 17.2 Å². The molecule has 0 radical (unpaired) electrons. The van der Waals surface area contributed by atoms with Crippen molar-refractivity contribution in [2.24, 2.45) is 0 Å². The Morgan fingerprint density at radius 1 is 1.29 bits per heavy atom. The highest BCUT2D eigenvalue weighted by Gasteiger charge is 2.13. The average molecular weight is 287 g/mol. The molecule has 3 rings (SSSR count). The maximum absolute atomic E-state index is 9.17. The lowest BCUT2D eigenvalue weighted by atomic mass is 10.2. The first-order chi connectivity index (χ1) is 10.3. The second kappa shape index (κ2) is 5.88. The molecule has 0 atom stereocenters. The third kappa shape index (κ3) is 2.85. The molecule has 6 heteroatoms. The normalized spacial score (nSPS) is 11.0. The summed E-state index contributed by atoms with van der Waals surface area (Å²) in [5.74, 6) is 2.49. The molecule has 0 amide bonds. The summed E-state index contributed by atoms with van der Waals surface area (Å²) >= 11 is 0. The van der Waals surface area contributed by atoms with Crippen LogP contribution in [-0.4, -0.2) is 21.5 Å². The molecule has 3 heterocycles. The van der Waals surface area contributed by atoms with E-state index in [0.717, 1.165) is 28.6 Å². The highest BCUT2D eigenvalue weighted by molar-refractivity contribution is 5.64. The Bertz CT molecular complexity index is 698. The zero-order valence-corrected chi connectivity index (χ0v) is 11.7. The Balaban J connectivity index is 1.84. The number of aliphatic hydroxyl groups excluding tert-OH is 1. The maximum Gasteiger partial charge on any atom is 0.125 e. The monoisotopic (exact) mass is 287 g/mol. The van der Waals surface area contributed by atoms with Gasteiger partial charge in [-0.3, -0.25) is 0 Å². The second-order valence-electron chi connectivity index (χ2n) is 4.68. The predicted octanol–water partition coefficient (Wildman–Crippen LogP) is 2.65. The number of aliphatic hydroxyl groups is 1. The number of hydrogen-bond donors (Lipinski definition) is 2. The Labute approximate surface area is 122 Å². The van der Waals surface area contributed by atoms with Gasteiger partial charge < -0.3 is 19.3 Å². The van der Waals surface area contributed by atoms with Crippen LogP contribution in [-0.2, 0) is 13.1 Å². The number of rotatable bonds is 6. The zero-order valence-electron chi connectivity index (χ0n) is 11.7. The summed E-state index contributed by atoms with van der Waals surface area (Å²) in [5.41, 5.74) is 1.77. The zero-order chi connectivity index (χ0) is 14.7. The van der Waals surface area contributed by atoms with E-state index in [1.165, 1.54) is 0 Å². The number of aryl methyl sites for hydroxylation is 1. The summed E-state index contributed by atoms with van der Waals surface area (Å²) in [6.45, 7) is 2.92. The lowest BCUT2D eigenvalue weighted by molar-refractivity contribution is 0.270. The largest absolute Gasteiger partial charge is 0.469 e. The summed E-state index contributed by atoms with van der Waals surface area (Å²) in [7, 11) is 0. The maximum atomic E-state index is 9.17. The molecule has 0 aliphatic carbocycles. The number of anilines is 1. The lowest BCUT2D eigenvalue weighted by Gasteiger charge is -2.06. The van der Waals surface area contributed by atoms with Gasteiger partial charge in [-0.15, -0.1) is 0 Å². The fraction of sp³-hybridized carbons (Fsp3) is 0.267. The minimum atomic E-state index is 0.0287. The topological polar surface area (TPSA) is 76.4 Å². The van der Waals surface area contributed by atoms with Gasteiger partial charge in [0.25, 0.3) is 0 Å². The molecule has 21 heavy (non-hydrogen) atoms. The molecule has 0 aromatic carbocycles. The molecule has 0 spiro atoms. The number of nitrogens with zero attached hydrogens (tertiary/aromatic N) is 2. The van der Waals surface area contributed by atoms with Crippen LogP contribution < -0.4 is 5.32 Å². The van der Waals surface area contributed by atoms with Crippen LogP contribution >= 0.6 is 0 Å². The third-order valence-corrected chi connectivity index (χ3v) is 3.25. The first-order valence-corrected chi connectivity index (χ1v) is 6.77. The Kier molecular flexibility index (Phi) is 3.79. The Morgan fingerprint density at radius 3 is 2.86 bits per heavy atom. The SMILES string of the molecule is Cc1occc1-c1cc(NCc2ccco2)n(CCO)n1. The van der Waals surface area contributed by atoms with Gasteiger partial charge in [-0.1, -0.05) is 0 Å². The van der Waals surface area contributed by atoms with Crippen molar-refractivity contribution in [2.45, 2.75) is 20.0 Å². The van der Waals surface area contributed by atoms with E-state index in [9.17, 15) is 0 Å². The van der Waals surface area contributed by atoms with E-state index in [-0.39, 0.29) is 6.61 Å². The fourth-order valence-electron chi connectivity index (χ4n) is 2.20. The lowest BCUT2D eigenvalue weighted by Crippen LogP contribution is -2.10. The first-order valence-electron chi connectivity index (χ1n) is 6.77. The van der Waals surface area contributed by atoms with Crippen molar-refractivity contribution in [3.8, 4) is 11.3 Å². The van der Waals surface area contributed by atoms with Gasteiger partial charge in [-0.25, -0.2) is 4.68 Å². The summed E-state index contributed by atoms with van der Waals surface area (Å²) in [5, 5.41) is 16.9. The Hall–Kier alpha value is -2.47. The molecule has 0 saturated carbocycles. The van der Waals surface area contributed by atoms with Crippen LogP contribution in [0.5, 0.6) is 0 Å². The molecular weight excluding hydrogens is 270 g/mol. The van der Waals surface area contributed by atoms with Crippen LogP contribution in [0.2, 0.25) is 0 Å². The van der Waals surface area contributed by atoms with E-state index >= 15 is 0 Å². The van der Waals surface area contributed by atoms with Gasteiger partial charge in [-0.05, 0) is 25.1 Å². The quantitative estimate of drug-likeness (QED) is 0.729. The summed E-state index contributed by atoms with van der Waals surface area (Å²) in [6, 6.07) is 7.58. The fourth-order valence-corrected chi connectivity index (χ4v) is 2.20. The van der Waals surface area contributed by atoms with Crippen molar-refractivity contribution in [3.05, 3.63) is 48.3 Å². The molecule has 0 saturated heterocycles. The summed E-state index contributed by atoms with van der Waals surface area (Å²) in [6.07, 6.45) is 3.29. The smallest absolute Gasteiger partial charge is 0.125 e. The van der Waals surface area contributed by atoms with Crippen molar-refractivity contribution in [3.63, 3.8) is 0 Å². The molecule has 3 aromatic rings. The highest BCUT2D eigenvalue weighted by Crippen LogP contribution is 2.26. The molecule has 6 nitrogen and oxygen atoms in total. The van der Waals surface area contributed by atoms with Crippen LogP contribution in [0.4, 0.5) is 5.82 Å². The van der Waals surface area contributed by atoms with Crippen LogP contribution in [0.3, 0.4) is 0 Å².